The second kappa shape index (κ2) is 5.99. The number of aromatic amines is 1. The number of amides is 1. The maximum absolute atomic E-state index is 12.7. The number of furan rings is 1. The molecule has 124 valence electrons. The van der Waals surface area contributed by atoms with Crippen LogP contribution >= 0.6 is 0 Å². The zero-order chi connectivity index (χ0) is 16.5. The average Bonchev–Trinajstić information content (AvgIpc) is 3.35. The molecule has 4 rings (SSSR count). The van der Waals surface area contributed by atoms with E-state index in [1.165, 1.54) is 0 Å². The van der Waals surface area contributed by atoms with Gasteiger partial charge in [-0.15, -0.1) is 0 Å². The van der Waals surface area contributed by atoms with E-state index in [4.69, 9.17) is 4.42 Å². The van der Waals surface area contributed by atoms with E-state index in [9.17, 15) is 4.79 Å². The number of carbonyl (C=O) groups is 1. The fourth-order valence-corrected chi connectivity index (χ4v) is 3.15. The van der Waals surface area contributed by atoms with Crippen molar-refractivity contribution < 1.29 is 9.21 Å². The molecule has 1 aliphatic heterocycles. The molecule has 1 N–H and O–H groups in total. The van der Waals surface area contributed by atoms with Crippen molar-refractivity contribution >= 4 is 5.91 Å². The first-order valence-corrected chi connectivity index (χ1v) is 8.11. The number of likely N-dealkylation sites (tertiary alicyclic amines) is 1. The highest BCUT2D eigenvalue weighted by atomic mass is 16.3. The lowest BCUT2D eigenvalue weighted by molar-refractivity contribution is 0.0667. The van der Waals surface area contributed by atoms with Gasteiger partial charge in [-0.05, 0) is 38.0 Å². The number of H-pyrrole nitrogens is 1. The third-order valence-corrected chi connectivity index (χ3v) is 4.39. The third kappa shape index (κ3) is 2.73. The van der Waals surface area contributed by atoms with Gasteiger partial charge < -0.3 is 9.32 Å². The third-order valence-electron chi connectivity index (χ3n) is 4.39. The molecular weight excluding hydrogens is 306 g/mol. The smallest absolute Gasteiger partial charge is 0.274 e. The van der Waals surface area contributed by atoms with Crippen LogP contribution in [0.25, 0.3) is 11.5 Å². The van der Waals surface area contributed by atoms with Crippen molar-refractivity contribution in [1.82, 2.24) is 24.9 Å². The van der Waals surface area contributed by atoms with Crippen LogP contribution in [0.3, 0.4) is 0 Å². The van der Waals surface area contributed by atoms with E-state index >= 15 is 0 Å². The first-order chi connectivity index (χ1) is 11.7. The van der Waals surface area contributed by atoms with Crippen LogP contribution in [0.1, 0.15) is 35.1 Å². The normalized spacial score (nSPS) is 18.0. The molecule has 3 aromatic rings. The summed E-state index contributed by atoms with van der Waals surface area (Å²) in [5.41, 5.74) is 1.13. The lowest BCUT2D eigenvalue weighted by atomic mass is 10.1. The van der Waals surface area contributed by atoms with Gasteiger partial charge in [0.2, 0.25) is 0 Å². The van der Waals surface area contributed by atoms with Gasteiger partial charge in [0.15, 0.2) is 11.5 Å². The summed E-state index contributed by atoms with van der Waals surface area (Å²) >= 11 is 0. The van der Waals surface area contributed by atoms with Gasteiger partial charge in [0.05, 0.1) is 6.04 Å². The molecule has 3 aromatic heterocycles. The van der Waals surface area contributed by atoms with E-state index < -0.39 is 0 Å². The Balaban J connectivity index is 1.50. The molecule has 1 amide bonds. The maximum Gasteiger partial charge on any atom is 0.274 e. The summed E-state index contributed by atoms with van der Waals surface area (Å²) in [6.07, 6.45) is 5.71. The highest BCUT2D eigenvalue weighted by Gasteiger charge is 2.27. The Morgan fingerprint density at radius 1 is 1.42 bits per heavy atom. The number of piperidine rings is 1. The Morgan fingerprint density at radius 2 is 2.33 bits per heavy atom. The molecule has 24 heavy (non-hydrogen) atoms. The molecule has 0 radical (unpaired) electrons. The second-order valence-corrected chi connectivity index (χ2v) is 6.11. The van der Waals surface area contributed by atoms with Crippen molar-refractivity contribution in [3.05, 3.63) is 48.1 Å². The lowest BCUT2D eigenvalue weighted by Crippen LogP contribution is -2.41. The van der Waals surface area contributed by atoms with E-state index in [-0.39, 0.29) is 11.9 Å². The number of aryl methyl sites for hydroxylation is 1. The van der Waals surface area contributed by atoms with E-state index in [2.05, 4.69) is 15.3 Å². The molecule has 7 nitrogen and oxygen atoms in total. The predicted octanol–water partition coefficient (Wildman–Crippen LogP) is 2.65. The van der Waals surface area contributed by atoms with Crippen molar-refractivity contribution in [2.45, 2.75) is 25.8 Å². The highest BCUT2D eigenvalue weighted by molar-refractivity contribution is 5.93. The van der Waals surface area contributed by atoms with Crippen LogP contribution in [-0.2, 0) is 0 Å². The summed E-state index contributed by atoms with van der Waals surface area (Å²) in [7, 11) is 0. The number of carbonyl (C=O) groups excluding carboxylic acids is 1. The maximum atomic E-state index is 12.7. The number of aromatic nitrogens is 4. The molecule has 1 unspecified atom stereocenters. The van der Waals surface area contributed by atoms with Gasteiger partial charge in [0.25, 0.3) is 5.91 Å². The second-order valence-electron chi connectivity index (χ2n) is 6.11. The van der Waals surface area contributed by atoms with Gasteiger partial charge in [-0.25, -0.2) is 0 Å². The molecule has 7 heteroatoms. The van der Waals surface area contributed by atoms with Crippen LogP contribution in [0.5, 0.6) is 0 Å². The van der Waals surface area contributed by atoms with Crippen LogP contribution in [-0.4, -0.2) is 43.9 Å². The molecule has 1 atom stereocenters. The average molecular weight is 325 g/mol. The van der Waals surface area contributed by atoms with E-state index in [0.29, 0.717) is 23.7 Å². The van der Waals surface area contributed by atoms with Gasteiger partial charge in [0, 0.05) is 31.5 Å². The Hall–Kier alpha value is -2.83. The van der Waals surface area contributed by atoms with Gasteiger partial charge in [-0.3, -0.25) is 14.6 Å². The van der Waals surface area contributed by atoms with Crippen molar-refractivity contribution in [2.75, 3.05) is 13.1 Å². The standard InChI is InChI=1S/C17H19N5O2/c1-12-5-6-16(24-12)14-10-15(20-19-14)17(23)21-8-2-4-13(11-21)22-9-3-7-18-22/h3,5-7,9-10,13H,2,4,8,11H2,1H3,(H,19,20). The number of hydrogen-bond donors (Lipinski definition) is 1. The first kappa shape index (κ1) is 14.7. The fourth-order valence-electron chi connectivity index (χ4n) is 3.15. The summed E-state index contributed by atoms with van der Waals surface area (Å²) in [6.45, 7) is 3.29. The topological polar surface area (TPSA) is 80.0 Å². The number of hydrogen-bond acceptors (Lipinski definition) is 4. The monoisotopic (exact) mass is 325 g/mol. The van der Waals surface area contributed by atoms with Crippen molar-refractivity contribution in [3.8, 4) is 11.5 Å². The summed E-state index contributed by atoms with van der Waals surface area (Å²) in [6, 6.07) is 7.64. The minimum atomic E-state index is -0.0577. The minimum absolute atomic E-state index is 0.0577. The summed E-state index contributed by atoms with van der Waals surface area (Å²) in [5.74, 6) is 1.45. The Kier molecular flexibility index (Phi) is 3.68. The van der Waals surface area contributed by atoms with Crippen LogP contribution in [0.4, 0.5) is 0 Å². The SMILES string of the molecule is Cc1ccc(-c2cc(C(=O)N3CCCC(n4cccn4)C3)n[nH]2)o1. The van der Waals surface area contributed by atoms with Crippen LogP contribution in [0.2, 0.25) is 0 Å². The van der Waals surface area contributed by atoms with Crippen LogP contribution in [0, 0.1) is 6.92 Å². The summed E-state index contributed by atoms with van der Waals surface area (Å²) in [5, 5.41) is 11.3. The minimum Gasteiger partial charge on any atom is -0.460 e. The Labute approximate surface area is 139 Å². The van der Waals surface area contributed by atoms with E-state index in [0.717, 1.165) is 25.1 Å². The zero-order valence-corrected chi connectivity index (χ0v) is 13.5. The van der Waals surface area contributed by atoms with Crippen LogP contribution < -0.4 is 0 Å². The largest absolute Gasteiger partial charge is 0.460 e. The first-order valence-electron chi connectivity index (χ1n) is 8.11. The predicted molar refractivity (Wildman–Crippen MR) is 87.4 cm³/mol. The quantitative estimate of drug-likeness (QED) is 0.803. The molecule has 0 aromatic carbocycles. The molecular formula is C17H19N5O2. The molecule has 0 saturated carbocycles. The summed E-state index contributed by atoms with van der Waals surface area (Å²) in [4.78, 5) is 14.6. The Morgan fingerprint density at radius 3 is 3.08 bits per heavy atom. The van der Waals surface area contributed by atoms with Gasteiger partial charge in [-0.2, -0.15) is 10.2 Å². The van der Waals surface area contributed by atoms with Crippen molar-refractivity contribution in [1.29, 1.82) is 0 Å². The molecule has 1 saturated heterocycles. The Bertz CT molecular complexity index is 833. The van der Waals surface area contributed by atoms with Gasteiger partial charge >= 0.3 is 0 Å². The number of nitrogens with one attached hydrogen (secondary N) is 1. The molecule has 0 aliphatic carbocycles. The molecule has 0 spiro atoms. The fraction of sp³-hybridized carbons (Fsp3) is 0.353. The van der Waals surface area contributed by atoms with Crippen LogP contribution in [0.15, 0.2) is 41.1 Å². The van der Waals surface area contributed by atoms with E-state index in [1.807, 2.05) is 40.9 Å². The highest BCUT2D eigenvalue weighted by Crippen LogP contribution is 2.24. The molecule has 0 bridgehead atoms. The number of rotatable bonds is 3. The van der Waals surface area contributed by atoms with Gasteiger partial charge in [-0.1, -0.05) is 0 Å². The zero-order valence-electron chi connectivity index (χ0n) is 13.5. The lowest BCUT2D eigenvalue weighted by Gasteiger charge is -2.32. The molecule has 1 fully saturated rings. The number of nitrogens with zero attached hydrogens (tertiary/aromatic N) is 4. The van der Waals surface area contributed by atoms with Gasteiger partial charge in [0.1, 0.15) is 11.5 Å². The van der Waals surface area contributed by atoms with Crippen molar-refractivity contribution in [3.63, 3.8) is 0 Å². The summed E-state index contributed by atoms with van der Waals surface area (Å²) < 4.78 is 7.50. The van der Waals surface area contributed by atoms with E-state index in [1.54, 1.807) is 12.3 Å². The van der Waals surface area contributed by atoms with Crippen molar-refractivity contribution in [2.24, 2.45) is 0 Å². The molecule has 4 heterocycles. The molecule has 1 aliphatic rings.